The Kier molecular flexibility index (Phi) is 5.12. The molecule has 2 aromatic carbocycles. The van der Waals surface area contributed by atoms with Gasteiger partial charge in [0.1, 0.15) is 0 Å². The van der Waals surface area contributed by atoms with Gasteiger partial charge in [-0.3, -0.25) is 0 Å². The van der Waals surface area contributed by atoms with Gasteiger partial charge < -0.3 is 10.4 Å². The van der Waals surface area contributed by atoms with Crippen molar-refractivity contribution in [3.8, 4) is 0 Å². The molecule has 0 aliphatic heterocycles. The number of aliphatic hydroxyl groups is 1. The zero-order valence-electron chi connectivity index (χ0n) is 11.9. The van der Waals surface area contributed by atoms with Crippen molar-refractivity contribution in [1.29, 1.82) is 0 Å². The van der Waals surface area contributed by atoms with E-state index in [2.05, 4.69) is 5.32 Å². The van der Waals surface area contributed by atoms with Crippen molar-refractivity contribution in [3.63, 3.8) is 0 Å². The lowest BCUT2D eigenvalue weighted by Crippen LogP contribution is -2.21. The topological polar surface area (TPSA) is 66.4 Å². The summed E-state index contributed by atoms with van der Waals surface area (Å²) in [6.45, 7) is 1.09. The van der Waals surface area contributed by atoms with Crippen LogP contribution >= 0.6 is 0 Å². The van der Waals surface area contributed by atoms with E-state index in [0.29, 0.717) is 18.7 Å². The second kappa shape index (κ2) is 6.85. The first-order valence-corrected chi connectivity index (χ1v) is 8.58. The Morgan fingerprint density at radius 1 is 1.05 bits per heavy atom. The Morgan fingerprint density at radius 2 is 1.67 bits per heavy atom. The Labute approximate surface area is 125 Å². The monoisotopic (exact) mass is 305 g/mol. The van der Waals surface area contributed by atoms with E-state index in [0.717, 1.165) is 5.56 Å². The number of rotatable bonds is 6. The van der Waals surface area contributed by atoms with E-state index in [1.165, 1.54) is 18.4 Å². The van der Waals surface area contributed by atoms with E-state index in [9.17, 15) is 13.5 Å². The summed E-state index contributed by atoms with van der Waals surface area (Å²) < 4.78 is 22.7. The molecule has 0 aliphatic carbocycles. The third kappa shape index (κ3) is 4.67. The standard InChI is InChI=1S/C16H19NO3S/c1-21(19,20)15-9-7-14(8-10-15)16(18)12-17-11-13-5-3-2-4-6-13/h2-10,16-18H,11-12H2,1H3. The van der Waals surface area contributed by atoms with Gasteiger partial charge in [-0.05, 0) is 23.3 Å². The molecular formula is C16H19NO3S. The van der Waals surface area contributed by atoms with Crippen molar-refractivity contribution in [3.05, 3.63) is 65.7 Å². The van der Waals surface area contributed by atoms with Gasteiger partial charge in [0.2, 0.25) is 0 Å². The van der Waals surface area contributed by atoms with Crippen LogP contribution in [0.15, 0.2) is 59.5 Å². The minimum atomic E-state index is -3.20. The Balaban J connectivity index is 1.90. The highest BCUT2D eigenvalue weighted by Gasteiger charge is 2.10. The van der Waals surface area contributed by atoms with Crippen LogP contribution in [-0.4, -0.2) is 26.3 Å². The van der Waals surface area contributed by atoms with Gasteiger partial charge in [0.05, 0.1) is 11.0 Å². The molecule has 112 valence electrons. The molecular weight excluding hydrogens is 286 g/mol. The largest absolute Gasteiger partial charge is 0.387 e. The second-order valence-corrected chi connectivity index (χ2v) is 6.99. The lowest BCUT2D eigenvalue weighted by molar-refractivity contribution is 0.174. The number of aliphatic hydroxyl groups excluding tert-OH is 1. The quantitative estimate of drug-likeness (QED) is 0.855. The van der Waals surface area contributed by atoms with Crippen LogP contribution in [0.25, 0.3) is 0 Å². The summed E-state index contributed by atoms with van der Waals surface area (Å²) in [6, 6.07) is 16.3. The Hall–Kier alpha value is -1.69. The summed E-state index contributed by atoms with van der Waals surface area (Å²) in [5.74, 6) is 0. The van der Waals surface area contributed by atoms with E-state index in [1.54, 1.807) is 12.1 Å². The number of benzene rings is 2. The molecule has 0 bridgehead atoms. The average molecular weight is 305 g/mol. The van der Waals surface area contributed by atoms with Crippen LogP contribution in [0.4, 0.5) is 0 Å². The molecule has 0 saturated carbocycles. The van der Waals surface area contributed by atoms with E-state index in [1.807, 2.05) is 30.3 Å². The van der Waals surface area contributed by atoms with Gasteiger partial charge in [0.25, 0.3) is 0 Å². The molecule has 1 unspecified atom stereocenters. The molecule has 0 aromatic heterocycles. The summed E-state index contributed by atoms with van der Waals surface area (Å²) in [5, 5.41) is 13.3. The number of hydrogen-bond acceptors (Lipinski definition) is 4. The van der Waals surface area contributed by atoms with Gasteiger partial charge in [-0.25, -0.2) is 8.42 Å². The van der Waals surface area contributed by atoms with Gasteiger partial charge in [-0.2, -0.15) is 0 Å². The lowest BCUT2D eigenvalue weighted by Gasteiger charge is -2.12. The predicted molar refractivity (Wildman–Crippen MR) is 82.7 cm³/mol. The summed E-state index contributed by atoms with van der Waals surface area (Å²) in [6.07, 6.45) is 0.502. The van der Waals surface area contributed by atoms with Crippen molar-refractivity contribution in [1.82, 2.24) is 5.32 Å². The van der Waals surface area contributed by atoms with Gasteiger partial charge >= 0.3 is 0 Å². The third-order valence-corrected chi connectivity index (χ3v) is 4.33. The highest BCUT2D eigenvalue weighted by molar-refractivity contribution is 7.90. The van der Waals surface area contributed by atoms with Crippen molar-refractivity contribution < 1.29 is 13.5 Å². The molecule has 21 heavy (non-hydrogen) atoms. The summed E-state index contributed by atoms with van der Waals surface area (Å²) in [5.41, 5.74) is 1.85. The molecule has 0 aliphatic rings. The molecule has 2 aromatic rings. The molecule has 2 rings (SSSR count). The first-order chi connectivity index (χ1) is 9.97. The molecule has 0 spiro atoms. The second-order valence-electron chi connectivity index (χ2n) is 4.97. The Bertz CT molecular complexity index is 666. The van der Waals surface area contributed by atoms with E-state index < -0.39 is 15.9 Å². The predicted octanol–water partition coefficient (Wildman–Crippen LogP) is 1.91. The van der Waals surface area contributed by atoms with Crippen LogP contribution < -0.4 is 5.32 Å². The van der Waals surface area contributed by atoms with Crippen LogP contribution in [0.1, 0.15) is 17.2 Å². The molecule has 4 nitrogen and oxygen atoms in total. The first-order valence-electron chi connectivity index (χ1n) is 6.69. The van der Waals surface area contributed by atoms with Crippen LogP contribution in [0, 0.1) is 0 Å². The summed E-state index contributed by atoms with van der Waals surface area (Å²) in [7, 11) is -3.20. The molecule has 1 atom stereocenters. The van der Waals surface area contributed by atoms with Gasteiger partial charge in [0, 0.05) is 19.3 Å². The van der Waals surface area contributed by atoms with E-state index in [4.69, 9.17) is 0 Å². The van der Waals surface area contributed by atoms with Crippen molar-refractivity contribution in [2.45, 2.75) is 17.5 Å². The summed E-state index contributed by atoms with van der Waals surface area (Å²) in [4.78, 5) is 0.260. The third-order valence-electron chi connectivity index (χ3n) is 3.20. The number of nitrogens with one attached hydrogen (secondary N) is 1. The molecule has 0 fully saturated rings. The highest BCUT2D eigenvalue weighted by atomic mass is 32.2. The maximum atomic E-state index is 11.4. The van der Waals surface area contributed by atoms with Gasteiger partial charge in [-0.1, -0.05) is 42.5 Å². The van der Waals surface area contributed by atoms with Crippen LogP contribution in [0.2, 0.25) is 0 Å². The fraction of sp³-hybridized carbons (Fsp3) is 0.250. The number of sulfone groups is 1. The fourth-order valence-corrected chi connectivity index (χ4v) is 2.63. The van der Waals surface area contributed by atoms with Crippen molar-refractivity contribution >= 4 is 9.84 Å². The fourth-order valence-electron chi connectivity index (χ4n) is 2.00. The highest BCUT2D eigenvalue weighted by Crippen LogP contribution is 2.16. The van der Waals surface area contributed by atoms with Crippen molar-refractivity contribution in [2.75, 3.05) is 12.8 Å². The van der Waals surface area contributed by atoms with Gasteiger partial charge in [0.15, 0.2) is 9.84 Å². The maximum absolute atomic E-state index is 11.4. The molecule has 0 saturated heterocycles. The Morgan fingerprint density at radius 3 is 2.24 bits per heavy atom. The number of hydrogen-bond donors (Lipinski definition) is 2. The van der Waals surface area contributed by atoms with Gasteiger partial charge in [-0.15, -0.1) is 0 Å². The average Bonchev–Trinajstić information content (AvgIpc) is 2.47. The van der Waals surface area contributed by atoms with Crippen LogP contribution in [0.5, 0.6) is 0 Å². The normalized spacial score (nSPS) is 13.0. The minimum Gasteiger partial charge on any atom is -0.387 e. The lowest BCUT2D eigenvalue weighted by atomic mass is 10.1. The van der Waals surface area contributed by atoms with E-state index >= 15 is 0 Å². The molecule has 0 amide bonds. The summed E-state index contributed by atoms with van der Waals surface area (Å²) >= 11 is 0. The maximum Gasteiger partial charge on any atom is 0.175 e. The smallest absolute Gasteiger partial charge is 0.175 e. The first kappa shape index (κ1) is 15.7. The molecule has 2 N–H and O–H groups in total. The zero-order chi connectivity index (χ0) is 15.3. The molecule has 5 heteroatoms. The minimum absolute atomic E-state index is 0.260. The molecule has 0 heterocycles. The zero-order valence-corrected chi connectivity index (χ0v) is 12.7. The van der Waals surface area contributed by atoms with E-state index in [-0.39, 0.29) is 4.90 Å². The SMILES string of the molecule is CS(=O)(=O)c1ccc(C(O)CNCc2ccccc2)cc1. The van der Waals surface area contributed by atoms with Crippen molar-refractivity contribution in [2.24, 2.45) is 0 Å². The van der Waals surface area contributed by atoms with Crippen LogP contribution in [0.3, 0.4) is 0 Å². The molecule has 0 radical (unpaired) electrons. The van der Waals surface area contributed by atoms with Crippen LogP contribution in [-0.2, 0) is 16.4 Å².